The summed E-state index contributed by atoms with van der Waals surface area (Å²) in [5.41, 5.74) is 0. The molecule has 0 spiro atoms. The minimum atomic E-state index is -1.33. The summed E-state index contributed by atoms with van der Waals surface area (Å²) in [5, 5.41) is 17.8. The second-order valence-electron chi connectivity index (χ2n) is 6.96. The molecule has 0 aromatic heterocycles. The molecule has 26 heavy (non-hydrogen) atoms. The zero-order valence-corrected chi connectivity index (χ0v) is 13.3. The van der Waals surface area contributed by atoms with Crippen LogP contribution in [0.5, 0.6) is 0 Å². The van der Waals surface area contributed by atoms with E-state index in [2.05, 4.69) is 0 Å². The average molecular weight is 362 g/mol. The number of aliphatic carboxylic acids is 2. The molecule has 2 saturated heterocycles. The Bertz CT molecular complexity index is 707. The average Bonchev–Trinajstić information content (AvgIpc) is 2.98. The van der Waals surface area contributed by atoms with Crippen LogP contribution in [0.15, 0.2) is 12.2 Å². The van der Waals surface area contributed by atoms with E-state index >= 15 is 0 Å². The Morgan fingerprint density at radius 1 is 0.692 bits per heavy atom. The summed E-state index contributed by atoms with van der Waals surface area (Å²) in [6, 6.07) is 0. The summed E-state index contributed by atoms with van der Waals surface area (Å²) < 4.78 is 0. The molecule has 10 heteroatoms. The Labute approximate surface area is 146 Å². The van der Waals surface area contributed by atoms with E-state index in [-0.39, 0.29) is 0 Å². The van der Waals surface area contributed by atoms with Crippen molar-refractivity contribution in [1.29, 1.82) is 0 Å². The number of carboxylic acids is 2. The second-order valence-corrected chi connectivity index (χ2v) is 6.96. The molecule has 0 aromatic rings. The SMILES string of the molecule is O=C(O)CN1C(=O)[C@@H]2C3C=CC([C@H]2C1=O)[C@@H]1C(=O)N(CC(=O)O)C(=O)[C@@H]31. The smallest absolute Gasteiger partial charge is 0.323 e. The Morgan fingerprint density at radius 2 is 0.962 bits per heavy atom. The normalized spacial score (nSPS) is 37.4. The summed E-state index contributed by atoms with van der Waals surface area (Å²) in [6.45, 7) is -1.51. The second kappa shape index (κ2) is 5.23. The molecule has 2 heterocycles. The van der Waals surface area contributed by atoms with Gasteiger partial charge in [-0.3, -0.25) is 38.6 Å². The number of allylic oxidation sites excluding steroid dienone is 2. The number of rotatable bonds is 4. The predicted octanol–water partition coefficient (Wildman–Crippen LogP) is -1.83. The summed E-state index contributed by atoms with van der Waals surface area (Å²) in [7, 11) is 0. The number of carbonyl (C=O) groups is 6. The zero-order chi connectivity index (χ0) is 18.9. The number of nitrogens with zero attached hydrogens (tertiary/aromatic N) is 2. The van der Waals surface area contributed by atoms with E-state index in [0.717, 1.165) is 0 Å². The first kappa shape index (κ1) is 16.4. The molecule has 5 rings (SSSR count). The van der Waals surface area contributed by atoms with Crippen LogP contribution in [0.3, 0.4) is 0 Å². The van der Waals surface area contributed by atoms with Crippen LogP contribution < -0.4 is 0 Å². The van der Waals surface area contributed by atoms with Crippen molar-refractivity contribution in [1.82, 2.24) is 9.80 Å². The van der Waals surface area contributed by atoms with E-state index in [4.69, 9.17) is 10.2 Å². The topological polar surface area (TPSA) is 149 Å². The van der Waals surface area contributed by atoms with E-state index in [1.54, 1.807) is 12.2 Å². The van der Waals surface area contributed by atoms with Crippen LogP contribution >= 0.6 is 0 Å². The number of hydrogen-bond acceptors (Lipinski definition) is 6. The summed E-state index contributed by atoms with van der Waals surface area (Å²) >= 11 is 0. The predicted molar refractivity (Wildman–Crippen MR) is 78.8 cm³/mol. The molecule has 0 aromatic carbocycles. The van der Waals surface area contributed by atoms with Gasteiger partial charge < -0.3 is 10.2 Å². The molecule has 3 fully saturated rings. The van der Waals surface area contributed by atoms with Crippen molar-refractivity contribution >= 4 is 35.6 Å². The van der Waals surface area contributed by atoms with Crippen LogP contribution in [-0.4, -0.2) is 68.7 Å². The maximum absolute atomic E-state index is 12.6. The molecule has 1 saturated carbocycles. The third-order valence-electron chi connectivity index (χ3n) is 5.78. The number of amides is 4. The fraction of sp³-hybridized carbons (Fsp3) is 0.500. The highest BCUT2D eigenvalue weighted by Crippen LogP contribution is 2.57. The summed E-state index contributed by atoms with van der Waals surface area (Å²) in [5.74, 6) is -10.3. The van der Waals surface area contributed by atoms with Gasteiger partial charge in [-0.2, -0.15) is 0 Å². The van der Waals surface area contributed by atoms with Gasteiger partial charge >= 0.3 is 11.9 Å². The first-order valence-corrected chi connectivity index (χ1v) is 8.06. The highest BCUT2D eigenvalue weighted by Gasteiger charge is 2.68. The lowest BCUT2D eigenvalue weighted by Gasteiger charge is -2.44. The first-order valence-electron chi connectivity index (χ1n) is 8.06. The van der Waals surface area contributed by atoms with E-state index in [1.807, 2.05) is 0 Å². The van der Waals surface area contributed by atoms with E-state index in [1.165, 1.54) is 0 Å². The quantitative estimate of drug-likeness (QED) is 0.438. The molecule has 5 aliphatic rings. The van der Waals surface area contributed by atoms with Crippen molar-refractivity contribution < 1.29 is 39.0 Å². The molecular formula is C16H14N2O8. The molecule has 2 bridgehead atoms. The van der Waals surface area contributed by atoms with Crippen molar-refractivity contribution in [2.75, 3.05) is 13.1 Å². The van der Waals surface area contributed by atoms with Gasteiger partial charge in [0.05, 0.1) is 23.7 Å². The fourth-order valence-electron chi connectivity index (χ4n) is 4.93. The fourth-order valence-corrected chi connectivity index (χ4v) is 4.93. The Morgan fingerprint density at radius 3 is 1.19 bits per heavy atom. The maximum atomic E-state index is 12.6. The van der Waals surface area contributed by atoms with E-state index < -0.39 is 84.2 Å². The number of likely N-dealkylation sites (tertiary alicyclic amines) is 2. The van der Waals surface area contributed by atoms with Gasteiger partial charge in [0.1, 0.15) is 13.1 Å². The van der Waals surface area contributed by atoms with Crippen LogP contribution in [-0.2, 0) is 28.8 Å². The van der Waals surface area contributed by atoms with E-state index in [0.29, 0.717) is 9.80 Å². The molecule has 136 valence electrons. The van der Waals surface area contributed by atoms with Gasteiger partial charge in [0.2, 0.25) is 23.6 Å². The number of carboxylic acid groups (broad SMARTS) is 2. The van der Waals surface area contributed by atoms with Crippen molar-refractivity contribution in [3.05, 3.63) is 12.2 Å². The third kappa shape index (κ3) is 1.92. The van der Waals surface area contributed by atoms with Crippen molar-refractivity contribution in [3.8, 4) is 0 Å². The van der Waals surface area contributed by atoms with Crippen LogP contribution in [0.4, 0.5) is 0 Å². The van der Waals surface area contributed by atoms with Gasteiger partial charge in [0.15, 0.2) is 0 Å². The largest absolute Gasteiger partial charge is 0.480 e. The van der Waals surface area contributed by atoms with Crippen LogP contribution in [0.2, 0.25) is 0 Å². The van der Waals surface area contributed by atoms with Gasteiger partial charge in [-0.05, 0) is 0 Å². The minimum Gasteiger partial charge on any atom is -0.480 e. The monoisotopic (exact) mass is 362 g/mol. The number of imide groups is 2. The molecule has 0 radical (unpaired) electrons. The van der Waals surface area contributed by atoms with Crippen molar-refractivity contribution in [3.63, 3.8) is 0 Å². The lowest BCUT2D eigenvalue weighted by atomic mass is 9.54. The molecule has 4 amide bonds. The Hall–Kier alpha value is -3.04. The molecule has 2 aliphatic heterocycles. The van der Waals surface area contributed by atoms with E-state index in [9.17, 15) is 28.8 Å². The first-order chi connectivity index (χ1) is 12.2. The molecule has 2 unspecified atom stereocenters. The summed E-state index contributed by atoms with van der Waals surface area (Å²) in [6.07, 6.45) is 3.25. The van der Waals surface area contributed by atoms with Crippen molar-refractivity contribution in [2.45, 2.75) is 0 Å². The molecule has 6 atom stereocenters. The van der Waals surface area contributed by atoms with Crippen LogP contribution in [0, 0.1) is 35.5 Å². The van der Waals surface area contributed by atoms with Crippen LogP contribution in [0.25, 0.3) is 0 Å². The molecular weight excluding hydrogens is 348 g/mol. The van der Waals surface area contributed by atoms with Gasteiger partial charge in [-0.15, -0.1) is 0 Å². The Balaban J connectivity index is 1.72. The van der Waals surface area contributed by atoms with Crippen LogP contribution in [0.1, 0.15) is 0 Å². The third-order valence-corrected chi connectivity index (χ3v) is 5.78. The zero-order valence-electron chi connectivity index (χ0n) is 13.3. The van der Waals surface area contributed by atoms with Crippen molar-refractivity contribution in [2.24, 2.45) is 35.5 Å². The van der Waals surface area contributed by atoms with Gasteiger partial charge in [0.25, 0.3) is 0 Å². The molecule has 2 N–H and O–H groups in total. The lowest BCUT2D eigenvalue weighted by Crippen LogP contribution is -2.50. The van der Waals surface area contributed by atoms with Gasteiger partial charge in [-0.25, -0.2) is 0 Å². The number of carbonyl (C=O) groups excluding carboxylic acids is 4. The van der Waals surface area contributed by atoms with Gasteiger partial charge in [-0.1, -0.05) is 12.2 Å². The highest BCUT2D eigenvalue weighted by molar-refractivity contribution is 6.12. The molecule has 10 nitrogen and oxygen atoms in total. The number of hydrogen-bond donors (Lipinski definition) is 2. The standard InChI is InChI=1S/C16H14N2O8/c19-7(20)3-17-13(23)9-5-1-2-6(11(9)15(17)25)12-10(5)14(24)18(16(12)26)4-8(21)22/h1-2,5-6,9-12H,3-4H2,(H,19,20)(H,21,22)/t5?,6?,9-,10+,11-,12+. The lowest BCUT2D eigenvalue weighted by molar-refractivity contribution is -0.150. The molecule has 3 aliphatic carbocycles. The highest BCUT2D eigenvalue weighted by atomic mass is 16.4. The maximum Gasteiger partial charge on any atom is 0.323 e. The summed E-state index contributed by atoms with van der Waals surface area (Å²) in [4.78, 5) is 73.7. The Kier molecular flexibility index (Phi) is 3.30. The minimum absolute atomic E-state index is 0.655. The van der Waals surface area contributed by atoms with Gasteiger partial charge in [0, 0.05) is 11.8 Å².